The van der Waals surface area contributed by atoms with Crippen LogP contribution in [-0.2, 0) is 24.7 Å². The summed E-state index contributed by atoms with van der Waals surface area (Å²) in [7, 11) is -4.06. The average molecular weight is 589 g/mol. The Bertz CT molecular complexity index is 797. The summed E-state index contributed by atoms with van der Waals surface area (Å²) in [6.45, 7) is 12.0. The number of rotatable bonds is 16. The highest BCUT2D eigenvalue weighted by Crippen LogP contribution is 2.15. The van der Waals surface area contributed by atoms with E-state index < -0.39 is 17.6 Å². The van der Waals surface area contributed by atoms with Crippen LogP contribution in [0.5, 0.6) is 0 Å². The quantitative estimate of drug-likeness (QED) is 0.222. The van der Waals surface area contributed by atoms with Crippen LogP contribution >= 0.6 is 0 Å². The molecule has 0 atom stereocenters. The van der Waals surface area contributed by atoms with Crippen molar-refractivity contribution < 1.29 is 24.7 Å². The lowest BCUT2D eigenvalue weighted by Gasteiger charge is -2.29. The SMILES string of the molecule is C[Si]O[Si](O[Si]C)(O[Si]C)c1cccc(C=Cc2cccc([Si](O[Si]C)(O[Si]C)O[Si]C)c2)c1. The van der Waals surface area contributed by atoms with Crippen molar-refractivity contribution in [2.45, 2.75) is 39.3 Å². The van der Waals surface area contributed by atoms with E-state index in [1.165, 1.54) is 0 Å². The Balaban J connectivity index is 2.37. The van der Waals surface area contributed by atoms with E-state index in [4.69, 9.17) is 24.7 Å². The van der Waals surface area contributed by atoms with Gasteiger partial charge >= 0.3 is 17.6 Å². The Kier molecular flexibility index (Phi) is 13.8. The second-order valence-electron chi connectivity index (χ2n) is 6.53. The smallest absolute Gasteiger partial charge is 0.413 e. The molecule has 12 radical (unpaired) electrons. The van der Waals surface area contributed by atoms with Gasteiger partial charge < -0.3 is 24.7 Å². The number of hydrogen-bond donors (Lipinski definition) is 0. The van der Waals surface area contributed by atoms with Crippen LogP contribution in [0.25, 0.3) is 12.2 Å². The Morgan fingerprint density at radius 1 is 0.500 bits per heavy atom. The van der Waals surface area contributed by atoms with Crippen LogP contribution in [0.3, 0.4) is 0 Å². The predicted molar refractivity (Wildman–Crippen MR) is 149 cm³/mol. The summed E-state index contributed by atoms with van der Waals surface area (Å²) >= 11 is 0. The van der Waals surface area contributed by atoms with E-state index in [0.717, 1.165) is 21.5 Å². The van der Waals surface area contributed by atoms with Gasteiger partial charge in [-0.1, -0.05) is 48.6 Å². The van der Waals surface area contributed by atoms with Gasteiger partial charge in [-0.3, -0.25) is 0 Å². The molecule has 0 N–H and O–H groups in total. The fourth-order valence-electron chi connectivity index (χ4n) is 3.14. The van der Waals surface area contributed by atoms with Crippen molar-refractivity contribution in [1.29, 1.82) is 0 Å². The van der Waals surface area contributed by atoms with E-state index in [9.17, 15) is 0 Å². The highest BCUT2D eigenvalue weighted by atomic mass is 28.5. The Labute approximate surface area is 221 Å². The van der Waals surface area contributed by atoms with E-state index in [2.05, 4.69) is 36.4 Å². The molecule has 0 amide bonds. The third kappa shape index (κ3) is 8.10. The summed E-state index contributed by atoms with van der Waals surface area (Å²) in [5.41, 5.74) is 2.11. The van der Waals surface area contributed by atoms with E-state index in [1.807, 2.05) is 63.5 Å². The lowest BCUT2D eigenvalue weighted by atomic mass is 10.1. The fourth-order valence-corrected chi connectivity index (χ4v) is 17.0. The van der Waals surface area contributed by atoms with Crippen LogP contribution < -0.4 is 10.4 Å². The first-order valence-corrected chi connectivity index (χ1v) is 22.4. The third-order valence-corrected chi connectivity index (χ3v) is 17.8. The lowest BCUT2D eigenvalue weighted by Crippen LogP contribution is -2.58. The second-order valence-corrected chi connectivity index (χ2v) is 17.3. The van der Waals surface area contributed by atoms with E-state index in [0.29, 0.717) is 58.6 Å². The molecule has 176 valence electrons. The van der Waals surface area contributed by atoms with Crippen molar-refractivity contribution in [3.05, 3.63) is 59.7 Å². The molecule has 2 rings (SSSR count). The topological polar surface area (TPSA) is 55.4 Å². The molecular weight excluding hydrogens is 561 g/mol. The van der Waals surface area contributed by atoms with Gasteiger partial charge in [-0.25, -0.2) is 0 Å². The van der Waals surface area contributed by atoms with Crippen LogP contribution in [0.2, 0.25) is 39.3 Å². The molecule has 0 unspecified atom stereocenters. The standard InChI is InChI=1S/C20H28O6Si8/c1-27-21-33(22-28-2,23-29-3)19-11-7-9-17(15-19)13-14-18-10-8-12-20(16-18)34(24-30-4,25-31-5)26-32-6/h7-16H,1-6H3. The maximum absolute atomic E-state index is 6.11. The minimum absolute atomic E-state index is 0.294. The summed E-state index contributed by atoms with van der Waals surface area (Å²) in [5, 5.41) is 1.97. The monoisotopic (exact) mass is 588 g/mol. The maximum atomic E-state index is 6.11. The molecule has 34 heavy (non-hydrogen) atoms. The summed E-state index contributed by atoms with van der Waals surface area (Å²) in [5.74, 6) is 0. The van der Waals surface area contributed by atoms with Gasteiger partial charge in [-0.2, -0.15) is 0 Å². The molecule has 0 spiro atoms. The summed E-state index contributed by atoms with van der Waals surface area (Å²) in [6.07, 6.45) is 4.18. The predicted octanol–water partition coefficient (Wildman–Crippen LogP) is 2.25. The molecule has 0 bridgehead atoms. The van der Waals surface area contributed by atoms with Gasteiger partial charge in [-0.05, 0) is 62.5 Å². The molecule has 0 saturated carbocycles. The summed E-state index contributed by atoms with van der Waals surface area (Å²) in [4.78, 5) is 0. The summed E-state index contributed by atoms with van der Waals surface area (Å²) in [6, 6.07) is 16.5. The molecule has 0 fully saturated rings. The lowest BCUT2D eigenvalue weighted by molar-refractivity contribution is 0.304. The van der Waals surface area contributed by atoms with Gasteiger partial charge in [0.2, 0.25) is 58.6 Å². The molecule has 0 saturated heterocycles. The van der Waals surface area contributed by atoms with E-state index in [1.54, 1.807) is 0 Å². The minimum Gasteiger partial charge on any atom is -0.413 e. The molecule has 0 heterocycles. The zero-order valence-electron chi connectivity index (χ0n) is 20.2. The number of hydrogen-bond acceptors (Lipinski definition) is 6. The maximum Gasteiger partial charge on any atom is 0.505 e. The molecule has 0 aliphatic rings. The van der Waals surface area contributed by atoms with Gasteiger partial charge in [0, 0.05) is 10.4 Å². The largest absolute Gasteiger partial charge is 0.505 e. The first-order chi connectivity index (χ1) is 16.5. The highest BCUT2D eigenvalue weighted by molar-refractivity contribution is 6.84. The van der Waals surface area contributed by atoms with Gasteiger partial charge in [0.25, 0.3) is 0 Å². The molecule has 0 aromatic heterocycles. The first-order valence-electron chi connectivity index (χ1n) is 10.5. The van der Waals surface area contributed by atoms with Gasteiger partial charge in [0.1, 0.15) is 0 Å². The average Bonchev–Trinajstić information content (AvgIpc) is 2.84. The second kappa shape index (κ2) is 15.7. The minimum atomic E-state index is -2.91. The molecule has 0 aliphatic carbocycles. The Hall–Kier alpha value is -0.325. The Morgan fingerprint density at radius 2 is 0.794 bits per heavy atom. The first kappa shape index (κ1) is 29.9. The van der Waals surface area contributed by atoms with Crippen molar-refractivity contribution >= 4 is 98.7 Å². The molecule has 2 aromatic carbocycles. The fraction of sp³-hybridized carbons (Fsp3) is 0.300. The molecule has 14 heteroatoms. The van der Waals surface area contributed by atoms with Crippen LogP contribution in [0.1, 0.15) is 11.1 Å². The number of benzene rings is 2. The highest BCUT2D eigenvalue weighted by Gasteiger charge is 2.43. The van der Waals surface area contributed by atoms with Gasteiger partial charge in [-0.15, -0.1) is 0 Å². The van der Waals surface area contributed by atoms with E-state index in [-0.39, 0.29) is 0 Å². The molecule has 6 nitrogen and oxygen atoms in total. The normalized spacial score (nSPS) is 12.5. The van der Waals surface area contributed by atoms with Crippen molar-refractivity contribution in [3.63, 3.8) is 0 Å². The van der Waals surface area contributed by atoms with Crippen LogP contribution in [0.4, 0.5) is 0 Å². The van der Waals surface area contributed by atoms with Crippen molar-refractivity contribution in [2.75, 3.05) is 0 Å². The van der Waals surface area contributed by atoms with Crippen molar-refractivity contribution in [1.82, 2.24) is 0 Å². The van der Waals surface area contributed by atoms with E-state index >= 15 is 0 Å². The van der Waals surface area contributed by atoms with Crippen LogP contribution in [0.15, 0.2) is 48.5 Å². The van der Waals surface area contributed by atoms with Gasteiger partial charge in [0.15, 0.2) is 0 Å². The van der Waals surface area contributed by atoms with Crippen molar-refractivity contribution in [2.24, 2.45) is 0 Å². The van der Waals surface area contributed by atoms with Crippen LogP contribution in [0, 0.1) is 0 Å². The van der Waals surface area contributed by atoms with Crippen LogP contribution in [-0.4, -0.2) is 76.2 Å². The Morgan fingerprint density at radius 3 is 1.06 bits per heavy atom. The molecule has 0 aliphatic heterocycles. The van der Waals surface area contributed by atoms with Crippen molar-refractivity contribution in [3.8, 4) is 0 Å². The molecule has 2 aromatic rings. The van der Waals surface area contributed by atoms with Gasteiger partial charge in [0.05, 0.1) is 0 Å². The third-order valence-electron chi connectivity index (χ3n) is 4.37. The summed E-state index contributed by atoms with van der Waals surface area (Å²) < 4.78 is 36.7. The zero-order chi connectivity index (χ0) is 24.9. The zero-order valence-corrected chi connectivity index (χ0v) is 28.2. The molecular formula is C20H28O6Si8.